The van der Waals surface area contributed by atoms with E-state index in [9.17, 15) is 39.4 Å². The number of nitrogens with one attached hydrogen (secondary N) is 1. The number of carbonyl (C=O) groups is 4. The van der Waals surface area contributed by atoms with Crippen LogP contribution in [0.15, 0.2) is 28.1 Å². The van der Waals surface area contributed by atoms with E-state index in [1.165, 1.54) is 4.90 Å². The molecular weight excluding hydrogens is 586 g/mol. The van der Waals surface area contributed by atoms with Crippen LogP contribution in [0.3, 0.4) is 0 Å². The Bertz CT molecular complexity index is 1500. The number of hydrogen-bond acceptors (Lipinski definition) is 12. The number of primary amides is 1. The lowest BCUT2D eigenvalue weighted by molar-refractivity contribution is -0.161. The first-order valence-corrected chi connectivity index (χ1v) is 15.0. The molecule has 0 bridgehead atoms. The van der Waals surface area contributed by atoms with Gasteiger partial charge in [-0.2, -0.15) is 0 Å². The number of alkyl carbamates (subject to hydrolysis) is 1. The average Bonchev–Trinajstić information content (AvgIpc) is 2.97. The zero-order valence-corrected chi connectivity index (χ0v) is 26.2. The number of phenols is 1. The lowest BCUT2D eigenvalue weighted by Gasteiger charge is -2.50. The van der Waals surface area contributed by atoms with Gasteiger partial charge in [0.2, 0.25) is 11.6 Å². The molecule has 0 spiro atoms. The number of aliphatic hydroxyl groups is 2. The predicted octanol–water partition coefficient (Wildman–Crippen LogP) is 2.04. The van der Waals surface area contributed by atoms with Crippen molar-refractivity contribution in [1.82, 2.24) is 10.2 Å². The molecule has 4 rings (SSSR count). The highest BCUT2D eigenvalue weighted by Gasteiger charge is 2.65. The summed E-state index contributed by atoms with van der Waals surface area (Å²) in [5.41, 5.74) is 2.25. The maximum atomic E-state index is 14.1. The maximum absolute atomic E-state index is 14.1. The number of phenolic OH excluding ortho intramolecular Hbond substituents is 1. The van der Waals surface area contributed by atoms with Crippen LogP contribution in [0.2, 0.25) is 0 Å². The van der Waals surface area contributed by atoms with Crippen LogP contribution in [0, 0.1) is 16.7 Å². The molecule has 14 nitrogen and oxygen atoms in total. The largest absolute Gasteiger partial charge is 0.507 e. The summed E-state index contributed by atoms with van der Waals surface area (Å²) in [6.07, 6.45) is 3.15. The molecule has 244 valence electrons. The average molecular weight is 628 g/mol. The van der Waals surface area contributed by atoms with Gasteiger partial charge in [0.05, 0.1) is 18.2 Å². The third-order valence-electron chi connectivity index (χ3n) is 9.01. The van der Waals surface area contributed by atoms with Gasteiger partial charge in [0, 0.05) is 43.4 Å². The topological polar surface area (TPSA) is 212 Å². The van der Waals surface area contributed by atoms with Crippen LogP contribution in [0.4, 0.5) is 10.5 Å². The monoisotopic (exact) mass is 627 g/mol. The van der Waals surface area contributed by atoms with Crippen molar-refractivity contribution < 1.29 is 39.2 Å². The van der Waals surface area contributed by atoms with E-state index < -0.39 is 69.8 Å². The molecule has 1 aromatic rings. The number of carbonyl (C=O) groups excluding carboxylic acids is 4. The van der Waals surface area contributed by atoms with Crippen LogP contribution >= 0.6 is 0 Å². The summed E-state index contributed by atoms with van der Waals surface area (Å²) in [6.45, 7) is 2.17. The zero-order chi connectivity index (χ0) is 33.4. The summed E-state index contributed by atoms with van der Waals surface area (Å²) < 4.78 is 5.21. The SMILES string of the molecule is CCCCCCOC(=O)NCc1cc(N(C)C)c2c(c1O)C(O)=C1C(=O)[C@]3(O)C(=O)C(C(N)=O)=C(N=O)[C@@H](N(C)C)[C@@H]3C[C@@H]1C2. The highest BCUT2D eigenvalue weighted by molar-refractivity contribution is 6.33. The van der Waals surface area contributed by atoms with Gasteiger partial charge >= 0.3 is 6.09 Å². The quantitative estimate of drug-likeness (QED) is 0.104. The van der Waals surface area contributed by atoms with Gasteiger partial charge in [0.25, 0.3) is 5.91 Å². The Morgan fingerprint density at radius 1 is 1.13 bits per heavy atom. The minimum absolute atomic E-state index is 0.0399. The van der Waals surface area contributed by atoms with Gasteiger partial charge in [0.15, 0.2) is 5.60 Å². The number of likely N-dealkylation sites (N-methyl/N-ethyl adjacent to an activating group) is 1. The van der Waals surface area contributed by atoms with E-state index in [2.05, 4.69) is 17.4 Å². The van der Waals surface area contributed by atoms with Crippen molar-refractivity contribution in [2.24, 2.45) is 22.7 Å². The number of unbranched alkanes of at least 4 members (excludes halogenated alkanes) is 3. The molecule has 0 saturated heterocycles. The summed E-state index contributed by atoms with van der Waals surface area (Å²) in [5.74, 6) is -6.76. The van der Waals surface area contributed by atoms with Crippen molar-refractivity contribution >= 4 is 35.0 Å². The summed E-state index contributed by atoms with van der Waals surface area (Å²) in [5, 5.41) is 40.3. The fourth-order valence-electron chi connectivity index (χ4n) is 6.90. The molecule has 6 N–H and O–H groups in total. The normalized spacial score (nSPS) is 24.2. The van der Waals surface area contributed by atoms with Crippen LogP contribution in [-0.4, -0.2) is 90.2 Å². The molecule has 3 aliphatic carbocycles. The van der Waals surface area contributed by atoms with E-state index in [0.29, 0.717) is 11.3 Å². The number of nitrogens with two attached hydrogens (primary N) is 1. The number of aromatic hydroxyl groups is 1. The van der Waals surface area contributed by atoms with Gasteiger partial charge in [0.1, 0.15) is 22.8 Å². The molecule has 3 aliphatic rings. The van der Waals surface area contributed by atoms with Crippen molar-refractivity contribution in [2.75, 3.05) is 39.7 Å². The van der Waals surface area contributed by atoms with Gasteiger partial charge in [-0.25, -0.2) is 4.79 Å². The fraction of sp³-hybridized carbons (Fsp3) is 0.548. The smallest absolute Gasteiger partial charge is 0.407 e. The molecular formula is C31H41N5O9. The first kappa shape index (κ1) is 33.6. The first-order valence-electron chi connectivity index (χ1n) is 15.0. The highest BCUT2D eigenvalue weighted by Crippen LogP contribution is 2.53. The minimum atomic E-state index is -2.83. The van der Waals surface area contributed by atoms with Crippen molar-refractivity contribution in [3.8, 4) is 5.75 Å². The number of aliphatic hydroxyl groups excluding tert-OH is 1. The molecule has 1 fully saturated rings. The molecule has 4 atom stereocenters. The van der Waals surface area contributed by atoms with E-state index in [0.717, 1.165) is 25.7 Å². The molecule has 1 aromatic carbocycles. The highest BCUT2D eigenvalue weighted by atomic mass is 16.5. The van der Waals surface area contributed by atoms with Gasteiger partial charge in [-0.1, -0.05) is 26.2 Å². The molecule has 0 aliphatic heterocycles. The predicted molar refractivity (Wildman–Crippen MR) is 164 cm³/mol. The molecule has 0 aromatic heterocycles. The number of hydrogen-bond donors (Lipinski definition) is 5. The number of ether oxygens (including phenoxy) is 1. The van der Waals surface area contributed by atoms with Gasteiger partial charge < -0.3 is 40.9 Å². The molecule has 1 saturated carbocycles. The van der Waals surface area contributed by atoms with Crippen molar-refractivity contribution in [3.05, 3.63) is 44.5 Å². The van der Waals surface area contributed by atoms with E-state index >= 15 is 0 Å². The number of anilines is 1. The Morgan fingerprint density at radius 3 is 2.40 bits per heavy atom. The fourth-order valence-corrected chi connectivity index (χ4v) is 6.90. The summed E-state index contributed by atoms with van der Waals surface area (Å²) >= 11 is 0. The molecule has 0 unspecified atom stereocenters. The third-order valence-corrected chi connectivity index (χ3v) is 9.01. The molecule has 0 heterocycles. The Labute approximate surface area is 260 Å². The maximum Gasteiger partial charge on any atom is 0.407 e. The summed E-state index contributed by atoms with van der Waals surface area (Å²) in [7, 11) is 6.62. The summed E-state index contributed by atoms with van der Waals surface area (Å²) in [6, 6.07) is 0.557. The van der Waals surface area contributed by atoms with Gasteiger partial charge in [-0.3, -0.25) is 14.4 Å². The van der Waals surface area contributed by atoms with Crippen LogP contribution in [0.5, 0.6) is 5.75 Å². The van der Waals surface area contributed by atoms with E-state index in [-0.39, 0.29) is 42.7 Å². The second-order valence-electron chi connectivity index (χ2n) is 12.3. The molecule has 2 amide bonds. The Kier molecular flexibility index (Phi) is 9.68. The van der Waals surface area contributed by atoms with Crippen molar-refractivity contribution in [2.45, 2.75) is 63.6 Å². The Balaban J connectivity index is 1.77. The minimum Gasteiger partial charge on any atom is -0.507 e. The van der Waals surface area contributed by atoms with Crippen molar-refractivity contribution in [1.29, 1.82) is 0 Å². The van der Waals surface area contributed by atoms with Crippen molar-refractivity contribution in [3.63, 3.8) is 0 Å². The zero-order valence-electron chi connectivity index (χ0n) is 26.2. The second kappa shape index (κ2) is 13.0. The van der Waals surface area contributed by atoms with Gasteiger partial charge in [-0.05, 0) is 56.1 Å². The second-order valence-corrected chi connectivity index (χ2v) is 12.3. The van der Waals surface area contributed by atoms with Crippen LogP contribution < -0.4 is 16.0 Å². The van der Waals surface area contributed by atoms with E-state index in [4.69, 9.17) is 10.5 Å². The number of nitroso groups, excluding NO2 is 1. The van der Waals surface area contributed by atoms with E-state index in [1.54, 1.807) is 39.2 Å². The number of ketones is 2. The lowest BCUT2D eigenvalue weighted by atomic mass is 9.56. The number of amides is 2. The Morgan fingerprint density at radius 2 is 1.82 bits per heavy atom. The molecule has 14 heteroatoms. The first-order chi connectivity index (χ1) is 21.2. The molecule has 45 heavy (non-hydrogen) atoms. The van der Waals surface area contributed by atoms with E-state index in [1.807, 2.05) is 0 Å². The number of Topliss-reactive ketones (excluding diaryl/α,β-unsaturated/α-hetero) is 2. The third kappa shape index (κ3) is 5.68. The van der Waals surface area contributed by atoms with Gasteiger partial charge in [-0.15, -0.1) is 4.91 Å². The summed E-state index contributed by atoms with van der Waals surface area (Å²) in [4.78, 5) is 67.4. The molecule has 0 radical (unpaired) electrons. The van der Waals surface area contributed by atoms with Crippen LogP contribution in [0.25, 0.3) is 5.76 Å². The number of nitrogens with zero attached hydrogens (tertiary/aromatic N) is 3. The van der Waals surface area contributed by atoms with Crippen LogP contribution in [0.1, 0.15) is 55.7 Å². The standard InChI is InChI=1S/C31H41N5O9/c1-6-7-8-9-10-45-30(42)33-14-16-13-19(35(2)3)17-11-15-12-18-24(36(4)5)23(34-44)22(29(32)41)28(40)31(18,43)27(39)20(15)26(38)21(17)25(16)37/h13,15,18,24,37-38,43H,6-12,14H2,1-5H3,(H2,32,41)(H,33,42)/t15-,18-,24-,31-/m0/s1. The number of fused-ring (bicyclic) bond motifs is 3. The number of rotatable bonds is 11. The number of benzene rings is 1. The lowest BCUT2D eigenvalue weighted by Crippen LogP contribution is -2.67. The van der Waals surface area contributed by atoms with Crippen LogP contribution in [-0.2, 0) is 32.1 Å². The Hall–Kier alpha value is -4.30.